The highest BCUT2D eigenvalue weighted by molar-refractivity contribution is 7.85. The lowest BCUT2D eigenvalue weighted by Crippen LogP contribution is -2.62. The van der Waals surface area contributed by atoms with Crippen molar-refractivity contribution in [1.82, 2.24) is 47.1 Å². The Bertz CT molecular complexity index is 2420. The smallest absolute Gasteiger partial charge is 0.303 e. The summed E-state index contributed by atoms with van der Waals surface area (Å²) in [5, 5.41) is 57.9. The van der Waals surface area contributed by atoms with Crippen LogP contribution in [0.3, 0.4) is 0 Å². The minimum Gasteiger partial charge on any atom is -0.494 e. The number of aromatic nitrogens is 1. The third-order valence-electron chi connectivity index (χ3n) is 12.8. The molecule has 1 saturated heterocycles. The summed E-state index contributed by atoms with van der Waals surface area (Å²) in [5.41, 5.74) is 5.89. The second kappa shape index (κ2) is 25.6. The van der Waals surface area contributed by atoms with Crippen molar-refractivity contribution >= 4 is 80.8 Å². The number of nitrogens with zero attached hydrogens (tertiary/aromatic N) is 1. The van der Waals surface area contributed by atoms with Crippen LogP contribution in [0.1, 0.15) is 71.3 Å². The Morgan fingerprint density at radius 1 is 0.861 bits per heavy atom. The molecule has 14 N–H and O–H groups in total. The van der Waals surface area contributed by atoms with Gasteiger partial charge in [0.05, 0.1) is 67.0 Å². The van der Waals surface area contributed by atoms with Crippen LogP contribution < -0.4 is 47.7 Å². The van der Waals surface area contributed by atoms with Crippen LogP contribution in [0.5, 0.6) is 5.75 Å². The minimum atomic E-state index is -2.40. The maximum Gasteiger partial charge on any atom is 0.303 e. The molecule has 27 heteroatoms. The number of aliphatic carboxylic acids is 1. The molecule has 3 aliphatic rings. The van der Waals surface area contributed by atoms with E-state index in [2.05, 4.69) is 42.2 Å². The van der Waals surface area contributed by atoms with E-state index < -0.39 is 181 Å². The summed E-state index contributed by atoms with van der Waals surface area (Å²) in [4.78, 5) is 140. The van der Waals surface area contributed by atoms with Crippen LogP contribution >= 0.6 is 0 Å². The number of hydrogen-bond acceptors (Lipinski definition) is 15. The van der Waals surface area contributed by atoms with E-state index in [0.717, 1.165) is 4.90 Å². The molecule has 4 heterocycles. The number of aromatic amines is 1. The summed E-state index contributed by atoms with van der Waals surface area (Å²) in [6.07, 6.45) is -3.01. The lowest BCUT2D eigenvalue weighted by Gasteiger charge is -2.32. The van der Waals surface area contributed by atoms with Crippen molar-refractivity contribution in [2.45, 2.75) is 126 Å². The normalized spacial score (nSPS) is 26.6. The van der Waals surface area contributed by atoms with Crippen LogP contribution in [0, 0.1) is 11.8 Å². The fraction of sp³-hybridized carbons (Fsp3) is 0.600. The molecular weight excluding hydrogens is 969 g/mol. The first-order valence-corrected chi connectivity index (χ1v) is 24.9. The average molecular weight is 1030 g/mol. The fourth-order valence-corrected chi connectivity index (χ4v) is 9.92. The first kappa shape index (κ1) is 56.2. The number of carboxylic acid groups (broad SMARTS) is 1. The molecule has 2 bridgehead atoms. The maximum absolute atomic E-state index is 14.9. The zero-order chi connectivity index (χ0) is 53.0. The molecule has 26 nitrogen and oxygen atoms in total. The minimum absolute atomic E-state index is 0.0135. The summed E-state index contributed by atoms with van der Waals surface area (Å²) < 4.78 is 20.8. The summed E-state index contributed by atoms with van der Waals surface area (Å²) in [6, 6.07) is -5.39. The average Bonchev–Trinajstić information content (AvgIpc) is 3.91. The third kappa shape index (κ3) is 14.7. The number of aliphatic hydroxyl groups excluding tert-OH is 3. The molecule has 11 unspecified atom stereocenters. The number of nitrogens with one attached hydrogen (secondary N) is 8. The number of nitrogens with two attached hydrogens (primary N) is 1. The number of carbonyl (C=O) groups excluding carboxylic acids is 9. The van der Waals surface area contributed by atoms with Gasteiger partial charge >= 0.3 is 5.97 Å². The van der Waals surface area contributed by atoms with Gasteiger partial charge in [0.15, 0.2) is 0 Å². The number of rotatable bonds is 14. The van der Waals surface area contributed by atoms with E-state index in [9.17, 15) is 67.5 Å². The van der Waals surface area contributed by atoms with E-state index in [-0.39, 0.29) is 29.1 Å². The van der Waals surface area contributed by atoms with Gasteiger partial charge in [-0.05, 0) is 42.9 Å². The van der Waals surface area contributed by atoms with Gasteiger partial charge < -0.3 is 78.0 Å². The van der Waals surface area contributed by atoms with Crippen molar-refractivity contribution in [2.75, 3.05) is 38.6 Å². The number of carbonyl (C=O) groups is 10. The first-order chi connectivity index (χ1) is 34.1. The molecule has 0 aliphatic carbocycles. The number of amides is 9. The molecule has 72 heavy (non-hydrogen) atoms. The van der Waals surface area contributed by atoms with Crippen LogP contribution in [-0.2, 0) is 65.2 Å². The number of carboxylic acids is 1. The van der Waals surface area contributed by atoms with Crippen molar-refractivity contribution in [3.63, 3.8) is 0 Å². The molecule has 5 rings (SSSR count). The van der Waals surface area contributed by atoms with Gasteiger partial charge in [-0.1, -0.05) is 27.2 Å². The first-order valence-electron chi connectivity index (χ1n) is 23.6. The number of benzene rings is 1. The van der Waals surface area contributed by atoms with Crippen LogP contribution in [-0.4, -0.2) is 181 Å². The van der Waals surface area contributed by atoms with Crippen molar-refractivity contribution in [2.24, 2.45) is 17.6 Å². The molecule has 9 amide bonds. The van der Waals surface area contributed by atoms with E-state index >= 15 is 0 Å². The zero-order valence-corrected chi connectivity index (χ0v) is 40.8. The number of fused-ring (bicyclic) bond motifs is 5. The van der Waals surface area contributed by atoms with E-state index in [1.165, 1.54) is 13.0 Å². The number of primary amides is 1. The summed E-state index contributed by atoms with van der Waals surface area (Å²) >= 11 is 0. The van der Waals surface area contributed by atoms with E-state index in [0.29, 0.717) is 36.8 Å². The number of ether oxygens (including phenoxy) is 1. The zero-order valence-electron chi connectivity index (χ0n) is 40.0. The lowest BCUT2D eigenvalue weighted by molar-refractivity contribution is -0.144. The summed E-state index contributed by atoms with van der Waals surface area (Å²) in [5.74, 6) is -12.5. The molecule has 2 aromatic rings. The van der Waals surface area contributed by atoms with Gasteiger partial charge in [-0.15, -0.1) is 0 Å². The van der Waals surface area contributed by atoms with E-state index in [1.54, 1.807) is 26.0 Å². The van der Waals surface area contributed by atoms with Crippen LogP contribution in [0.2, 0.25) is 0 Å². The topological polar surface area (TPSA) is 407 Å². The number of aliphatic hydroxyl groups is 3. The van der Waals surface area contributed by atoms with Gasteiger partial charge in [0, 0.05) is 43.2 Å². The van der Waals surface area contributed by atoms with Crippen molar-refractivity contribution in [3.05, 3.63) is 23.8 Å². The predicted octanol–water partition coefficient (Wildman–Crippen LogP) is -4.60. The second-order valence-electron chi connectivity index (χ2n) is 18.2. The van der Waals surface area contributed by atoms with Crippen LogP contribution in [0.15, 0.2) is 23.2 Å². The van der Waals surface area contributed by atoms with Gasteiger partial charge in [-0.25, -0.2) is 0 Å². The highest BCUT2D eigenvalue weighted by atomic mass is 32.2. The number of H-pyrrole nitrogens is 1. The highest BCUT2D eigenvalue weighted by Crippen LogP contribution is 2.31. The highest BCUT2D eigenvalue weighted by Gasteiger charge is 2.45. The van der Waals surface area contributed by atoms with Crippen molar-refractivity contribution < 1.29 is 77.3 Å². The van der Waals surface area contributed by atoms with Gasteiger partial charge in [-0.2, -0.15) is 0 Å². The second-order valence-corrected chi connectivity index (χ2v) is 19.6. The quantitative estimate of drug-likeness (QED) is 0.0792. The Hall–Kier alpha value is -6.71. The molecule has 0 radical (unpaired) electrons. The molecule has 396 valence electrons. The van der Waals surface area contributed by atoms with Crippen LogP contribution in [0.4, 0.5) is 0 Å². The molecule has 0 spiro atoms. The summed E-state index contributed by atoms with van der Waals surface area (Å²) in [6.45, 7) is 1.91. The Balaban J connectivity index is 1.71. The van der Waals surface area contributed by atoms with E-state index in [4.69, 9.17) is 15.6 Å². The Morgan fingerprint density at radius 2 is 1.56 bits per heavy atom. The maximum atomic E-state index is 14.9. The standard InChI is InChI=1S/C45H64N10O16S/c1-4-21(2)37-42(67)48-16-34(60)49-30-20-72(70)44-26(25-10-9-24(13-27(25)52-44)71-11-7-5-6-8-36(62)63)14-28(39(64)47-17-35(61)53-37)50-43(68)38(22(3)32(58)19-56)54-41(66)31-12-23(57)18-55(31)45(69)29(15-33(46)59)51-40(30)65/h9-10,13,21-23,28-32,37-38,52,56-58H,4-8,11-12,14-20H2,1-3H3,(H2,46,59)(H,47,64)(H,48,67)(H,49,60)(H,50,68)(H,51,65)(H,53,61)(H,54,66)(H,62,63). The SMILES string of the molecule is CCC(C)C1NC(=O)CNC(=O)C2Cc3c([nH]c4cc(OCCCCCC(=O)O)ccc34)S(=O)CC(NC(=O)CNC1=O)C(=O)NC(CC(N)=O)C(=O)N1CC(O)CC1C(=O)NC(C(C)C(O)CO)C(=O)N2. The van der Waals surface area contributed by atoms with Crippen molar-refractivity contribution in [3.8, 4) is 5.75 Å². The molecular formula is C45H64N10O16S. The Labute approximate surface area is 415 Å². The molecule has 3 aliphatic heterocycles. The van der Waals surface area contributed by atoms with Gasteiger partial charge in [0.25, 0.3) is 0 Å². The van der Waals surface area contributed by atoms with Gasteiger partial charge in [-0.3, -0.25) is 52.2 Å². The van der Waals surface area contributed by atoms with Crippen LogP contribution in [0.25, 0.3) is 10.9 Å². The number of unbranched alkanes of at least 4 members (excludes halogenated alkanes) is 2. The Kier molecular flexibility index (Phi) is 20.0. The largest absolute Gasteiger partial charge is 0.494 e. The molecule has 1 aromatic heterocycles. The van der Waals surface area contributed by atoms with Crippen molar-refractivity contribution in [1.29, 1.82) is 0 Å². The monoisotopic (exact) mass is 1030 g/mol. The molecule has 1 aromatic carbocycles. The Morgan fingerprint density at radius 3 is 2.22 bits per heavy atom. The fourth-order valence-electron chi connectivity index (χ4n) is 8.53. The molecule has 11 atom stereocenters. The summed E-state index contributed by atoms with van der Waals surface area (Å²) in [7, 11) is -2.40. The number of hydrogen-bond donors (Lipinski definition) is 13. The predicted molar refractivity (Wildman–Crippen MR) is 252 cm³/mol. The molecule has 1 fully saturated rings. The molecule has 0 saturated carbocycles. The lowest BCUT2D eigenvalue weighted by atomic mass is 9.93. The van der Waals surface area contributed by atoms with Gasteiger partial charge in [0.2, 0.25) is 53.2 Å². The third-order valence-corrected chi connectivity index (χ3v) is 14.3. The van der Waals surface area contributed by atoms with E-state index in [1.807, 2.05) is 0 Å². The van der Waals surface area contributed by atoms with Gasteiger partial charge in [0.1, 0.15) is 47.0 Å².